The van der Waals surface area contributed by atoms with E-state index in [1.165, 1.54) is 12.1 Å². The lowest BCUT2D eigenvalue weighted by atomic mass is 10.2. The molecule has 0 bridgehead atoms. The number of phenols is 1. The second kappa shape index (κ2) is 10.5. The maximum absolute atomic E-state index is 12.1. The van der Waals surface area contributed by atoms with Crippen molar-refractivity contribution < 1.29 is 24.2 Å². The van der Waals surface area contributed by atoms with Crippen molar-refractivity contribution in [3.8, 4) is 5.75 Å². The predicted molar refractivity (Wildman–Crippen MR) is 112 cm³/mol. The molecule has 0 saturated heterocycles. The molecule has 29 heavy (non-hydrogen) atoms. The molecule has 0 radical (unpaired) electrons. The van der Waals surface area contributed by atoms with Crippen LogP contribution in [0.1, 0.15) is 34.6 Å². The van der Waals surface area contributed by atoms with Crippen LogP contribution >= 0.6 is 15.9 Å². The van der Waals surface area contributed by atoms with Crippen molar-refractivity contribution >= 4 is 39.4 Å². The van der Waals surface area contributed by atoms with Gasteiger partial charge in [0.15, 0.2) is 6.61 Å². The third kappa shape index (κ3) is 6.21. The number of esters is 1. The molecule has 0 fully saturated rings. The molecule has 0 spiro atoms. The zero-order valence-electron chi connectivity index (χ0n) is 16.1. The van der Waals surface area contributed by atoms with Gasteiger partial charge in [-0.3, -0.25) is 20.4 Å². The number of hydrazine groups is 1. The first-order valence-electron chi connectivity index (χ1n) is 8.95. The minimum Gasteiger partial charge on any atom is -0.507 e. The fourth-order valence-corrected chi connectivity index (χ4v) is 2.89. The molecule has 2 rings (SSSR count). The van der Waals surface area contributed by atoms with Crippen LogP contribution in [0.5, 0.6) is 5.75 Å². The molecule has 9 heteroatoms. The van der Waals surface area contributed by atoms with Crippen LogP contribution in [0.3, 0.4) is 0 Å². The number of carbonyl (C=O) groups is 3. The largest absolute Gasteiger partial charge is 0.507 e. The number of anilines is 1. The molecule has 0 aliphatic rings. The summed E-state index contributed by atoms with van der Waals surface area (Å²) in [6.45, 7) is 5.18. The number of benzene rings is 2. The average Bonchev–Trinajstić information content (AvgIpc) is 2.73. The Morgan fingerprint density at radius 1 is 1.03 bits per heavy atom. The summed E-state index contributed by atoms with van der Waals surface area (Å²) in [5, 5.41) is 9.68. The van der Waals surface area contributed by atoms with Gasteiger partial charge in [-0.05, 0) is 56.3 Å². The van der Waals surface area contributed by atoms with Crippen molar-refractivity contribution in [2.24, 2.45) is 0 Å². The van der Waals surface area contributed by atoms with Crippen LogP contribution in [0.4, 0.5) is 5.69 Å². The van der Waals surface area contributed by atoms with Crippen molar-refractivity contribution in [1.82, 2.24) is 10.9 Å². The van der Waals surface area contributed by atoms with Gasteiger partial charge >= 0.3 is 5.97 Å². The number of amides is 2. The van der Waals surface area contributed by atoms with E-state index in [0.29, 0.717) is 10.0 Å². The summed E-state index contributed by atoms with van der Waals surface area (Å²) in [7, 11) is 0. The second-order valence-corrected chi connectivity index (χ2v) is 6.87. The zero-order valence-corrected chi connectivity index (χ0v) is 17.7. The standard InChI is InChI=1S/C20H22BrN3O5/c1-3-24(4-2)15-8-5-13(6-9-15)19(27)23-22-18(26)12-29-20(28)16-11-14(21)7-10-17(16)25/h5-11,25H,3-4,12H2,1-2H3,(H,22,26)(H,23,27). The minimum atomic E-state index is -0.864. The van der Waals surface area contributed by atoms with E-state index in [1.807, 2.05) is 26.0 Å². The number of rotatable bonds is 7. The highest BCUT2D eigenvalue weighted by Crippen LogP contribution is 2.22. The third-order valence-electron chi connectivity index (χ3n) is 4.09. The quantitative estimate of drug-likeness (QED) is 0.430. The third-order valence-corrected chi connectivity index (χ3v) is 4.58. The monoisotopic (exact) mass is 463 g/mol. The van der Waals surface area contributed by atoms with Crippen molar-refractivity contribution in [3.05, 3.63) is 58.1 Å². The van der Waals surface area contributed by atoms with Gasteiger partial charge in [-0.25, -0.2) is 4.79 Å². The lowest BCUT2D eigenvalue weighted by Crippen LogP contribution is -2.43. The Balaban J connectivity index is 1.83. The van der Waals surface area contributed by atoms with Crippen LogP contribution in [-0.2, 0) is 9.53 Å². The van der Waals surface area contributed by atoms with Gasteiger partial charge in [0.05, 0.1) is 0 Å². The Morgan fingerprint density at radius 2 is 1.69 bits per heavy atom. The fourth-order valence-electron chi connectivity index (χ4n) is 2.53. The Kier molecular flexibility index (Phi) is 8.02. The molecule has 0 aliphatic heterocycles. The first kappa shape index (κ1) is 22.2. The Labute approximate surface area is 176 Å². The van der Waals surface area contributed by atoms with E-state index >= 15 is 0 Å². The first-order chi connectivity index (χ1) is 13.8. The Hall–Kier alpha value is -3.07. The highest BCUT2D eigenvalue weighted by molar-refractivity contribution is 9.10. The Morgan fingerprint density at radius 3 is 2.31 bits per heavy atom. The zero-order chi connectivity index (χ0) is 21.4. The number of phenolic OH excluding ortho intramolecular Hbond substituents is 1. The van der Waals surface area contributed by atoms with Crippen LogP contribution in [0.2, 0.25) is 0 Å². The van der Waals surface area contributed by atoms with Crippen LogP contribution in [0, 0.1) is 0 Å². The topological polar surface area (TPSA) is 108 Å². The summed E-state index contributed by atoms with van der Waals surface area (Å²) in [4.78, 5) is 38.0. The van der Waals surface area contributed by atoms with E-state index in [2.05, 4.69) is 31.7 Å². The molecule has 2 aromatic rings. The SMILES string of the molecule is CCN(CC)c1ccc(C(=O)NNC(=O)COC(=O)c2cc(Br)ccc2O)cc1. The van der Waals surface area contributed by atoms with E-state index in [9.17, 15) is 19.5 Å². The van der Waals surface area contributed by atoms with E-state index in [0.717, 1.165) is 18.8 Å². The summed E-state index contributed by atoms with van der Waals surface area (Å²) in [5.41, 5.74) is 5.73. The summed E-state index contributed by atoms with van der Waals surface area (Å²) in [5.74, 6) is -2.35. The van der Waals surface area contributed by atoms with Gasteiger partial charge in [0.25, 0.3) is 11.8 Å². The normalized spacial score (nSPS) is 10.2. The molecule has 8 nitrogen and oxygen atoms in total. The van der Waals surface area contributed by atoms with Gasteiger partial charge in [0.2, 0.25) is 0 Å². The average molecular weight is 464 g/mol. The first-order valence-corrected chi connectivity index (χ1v) is 9.74. The molecule has 0 aliphatic carbocycles. The number of carbonyl (C=O) groups excluding carboxylic acids is 3. The summed E-state index contributed by atoms with van der Waals surface area (Å²) in [6.07, 6.45) is 0. The number of halogens is 1. The van der Waals surface area contributed by atoms with E-state index < -0.39 is 24.4 Å². The number of hydrogen-bond acceptors (Lipinski definition) is 6. The van der Waals surface area contributed by atoms with E-state index in [4.69, 9.17) is 4.74 Å². The molecule has 0 aromatic heterocycles. The number of nitrogens with one attached hydrogen (secondary N) is 2. The van der Waals surface area contributed by atoms with Crippen molar-refractivity contribution in [3.63, 3.8) is 0 Å². The molecular formula is C20H22BrN3O5. The summed E-state index contributed by atoms with van der Waals surface area (Å²) >= 11 is 3.18. The number of hydrogen-bond donors (Lipinski definition) is 3. The smallest absolute Gasteiger partial charge is 0.342 e. The maximum atomic E-state index is 12.1. The predicted octanol–water partition coefficient (Wildman–Crippen LogP) is 2.62. The molecule has 0 heterocycles. The van der Waals surface area contributed by atoms with Gasteiger partial charge in [-0.2, -0.15) is 0 Å². The van der Waals surface area contributed by atoms with Gasteiger partial charge in [-0.15, -0.1) is 0 Å². The molecule has 2 amide bonds. The lowest BCUT2D eigenvalue weighted by Gasteiger charge is -2.21. The fraction of sp³-hybridized carbons (Fsp3) is 0.250. The van der Waals surface area contributed by atoms with Crippen LogP contribution in [0.25, 0.3) is 0 Å². The van der Waals surface area contributed by atoms with Gasteiger partial charge in [0.1, 0.15) is 11.3 Å². The molecule has 0 atom stereocenters. The van der Waals surface area contributed by atoms with Crippen molar-refractivity contribution in [1.29, 1.82) is 0 Å². The van der Waals surface area contributed by atoms with E-state index in [1.54, 1.807) is 18.2 Å². The maximum Gasteiger partial charge on any atom is 0.342 e. The summed E-state index contributed by atoms with van der Waals surface area (Å²) < 4.78 is 5.42. The molecule has 2 aromatic carbocycles. The molecule has 154 valence electrons. The van der Waals surface area contributed by atoms with E-state index in [-0.39, 0.29) is 11.3 Å². The van der Waals surface area contributed by atoms with Gasteiger partial charge in [0, 0.05) is 28.8 Å². The van der Waals surface area contributed by atoms with Crippen LogP contribution in [-0.4, -0.2) is 42.6 Å². The Bertz CT molecular complexity index is 882. The second-order valence-electron chi connectivity index (χ2n) is 5.96. The van der Waals surface area contributed by atoms with Gasteiger partial charge in [-0.1, -0.05) is 15.9 Å². The number of nitrogens with zero attached hydrogens (tertiary/aromatic N) is 1. The van der Waals surface area contributed by atoms with Crippen molar-refractivity contribution in [2.45, 2.75) is 13.8 Å². The summed E-state index contributed by atoms with van der Waals surface area (Å²) in [6, 6.07) is 11.2. The molecular weight excluding hydrogens is 442 g/mol. The minimum absolute atomic E-state index is 0.0792. The highest BCUT2D eigenvalue weighted by Gasteiger charge is 2.15. The lowest BCUT2D eigenvalue weighted by molar-refractivity contribution is -0.125. The number of ether oxygens (including phenoxy) is 1. The molecule has 0 saturated carbocycles. The van der Waals surface area contributed by atoms with Crippen LogP contribution in [0.15, 0.2) is 46.9 Å². The number of aromatic hydroxyl groups is 1. The van der Waals surface area contributed by atoms with Crippen molar-refractivity contribution in [2.75, 3.05) is 24.6 Å². The molecule has 0 unspecified atom stereocenters. The molecule has 3 N–H and O–H groups in total. The van der Waals surface area contributed by atoms with Crippen LogP contribution < -0.4 is 15.8 Å². The highest BCUT2D eigenvalue weighted by atomic mass is 79.9. The van der Waals surface area contributed by atoms with Gasteiger partial charge < -0.3 is 14.7 Å².